The monoisotopic (exact) mass is 209 g/mol. The second-order valence-corrected chi connectivity index (χ2v) is 4.45. The van der Waals surface area contributed by atoms with Crippen LogP contribution in [-0.4, -0.2) is 49.1 Å². The van der Waals surface area contributed by atoms with Gasteiger partial charge in [-0.3, -0.25) is 4.90 Å². The fourth-order valence-corrected chi connectivity index (χ4v) is 2.40. The number of rotatable bonds is 6. The lowest BCUT2D eigenvalue weighted by molar-refractivity contribution is 0.198. The molecular formula is C12H23N3. The summed E-state index contributed by atoms with van der Waals surface area (Å²) in [5, 5.41) is 8.47. The second-order valence-electron chi connectivity index (χ2n) is 4.45. The molecule has 15 heavy (non-hydrogen) atoms. The molecule has 0 saturated carbocycles. The number of nitrogens with zero attached hydrogens (tertiary/aromatic N) is 3. The summed E-state index contributed by atoms with van der Waals surface area (Å²) >= 11 is 0. The molecule has 1 aliphatic heterocycles. The van der Waals surface area contributed by atoms with Crippen LogP contribution >= 0.6 is 0 Å². The summed E-state index contributed by atoms with van der Waals surface area (Å²) in [6, 6.07) is 2.95. The summed E-state index contributed by atoms with van der Waals surface area (Å²) < 4.78 is 0. The van der Waals surface area contributed by atoms with Crippen LogP contribution in [0.3, 0.4) is 0 Å². The summed E-state index contributed by atoms with van der Waals surface area (Å²) in [7, 11) is 2.17. The Morgan fingerprint density at radius 2 is 2.33 bits per heavy atom. The minimum atomic E-state index is 0.687. The third-order valence-corrected chi connectivity index (χ3v) is 3.26. The Morgan fingerprint density at radius 3 is 3.00 bits per heavy atom. The SMILES string of the molecule is CCN1CCCC1CN(C)CCCC#N. The van der Waals surface area contributed by atoms with Crippen LogP contribution in [-0.2, 0) is 0 Å². The van der Waals surface area contributed by atoms with Crippen LogP contribution in [0, 0.1) is 11.3 Å². The number of hydrogen-bond donors (Lipinski definition) is 0. The van der Waals surface area contributed by atoms with Gasteiger partial charge < -0.3 is 4.90 Å². The smallest absolute Gasteiger partial charge is 0.0622 e. The van der Waals surface area contributed by atoms with E-state index in [1.807, 2.05) is 0 Å². The second kappa shape index (κ2) is 6.81. The predicted molar refractivity (Wildman–Crippen MR) is 62.6 cm³/mol. The molecular weight excluding hydrogens is 186 g/mol. The Bertz CT molecular complexity index is 209. The first-order valence-electron chi connectivity index (χ1n) is 6.07. The van der Waals surface area contributed by atoms with Gasteiger partial charge in [-0.2, -0.15) is 5.26 Å². The zero-order valence-corrected chi connectivity index (χ0v) is 10.1. The standard InChI is InChI=1S/C12H23N3/c1-3-15-10-6-7-12(15)11-14(2)9-5-4-8-13/h12H,3-7,9-11H2,1-2H3. The van der Waals surface area contributed by atoms with Gasteiger partial charge in [0.25, 0.3) is 0 Å². The zero-order valence-electron chi connectivity index (χ0n) is 10.1. The van der Waals surface area contributed by atoms with Gasteiger partial charge in [0, 0.05) is 19.0 Å². The molecule has 1 aliphatic rings. The molecule has 0 amide bonds. The van der Waals surface area contributed by atoms with Crippen molar-refractivity contribution in [3.05, 3.63) is 0 Å². The van der Waals surface area contributed by atoms with Gasteiger partial charge in [-0.25, -0.2) is 0 Å². The molecule has 3 nitrogen and oxygen atoms in total. The third-order valence-electron chi connectivity index (χ3n) is 3.26. The molecule has 3 heteroatoms. The first-order chi connectivity index (χ1) is 7.27. The van der Waals surface area contributed by atoms with Crippen LogP contribution in [0.4, 0.5) is 0 Å². The van der Waals surface area contributed by atoms with Crippen molar-refractivity contribution in [2.75, 3.05) is 33.2 Å². The normalized spacial score (nSPS) is 22.1. The molecule has 1 heterocycles. The Labute approximate surface area is 93.7 Å². The molecule has 0 aromatic rings. The Hall–Kier alpha value is -0.590. The third kappa shape index (κ3) is 4.19. The number of unbranched alkanes of at least 4 members (excludes halogenated alkanes) is 1. The van der Waals surface area contributed by atoms with E-state index in [9.17, 15) is 0 Å². The maximum Gasteiger partial charge on any atom is 0.0622 e. The highest BCUT2D eigenvalue weighted by Crippen LogP contribution is 2.17. The number of likely N-dealkylation sites (tertiary alicyclic amines) is 1. The van der Waals surface area contributed by atoms with Crippen molar-refractivity contribution in [3.8, 4) is 6.07 Å². The fraction of sp³-hybridized carbons (Fsp3) is 0.917. The van der Waals surface area contributed by atoms with Crippen LogP contribution in [0.1, 0.15) is 32.6 Å². The molecule has 0 radical (unpaired) electrons. The molecule has 0 aromatic heterocycles. The van der Waals surface area contributed by atoms with Crippen molar-refractivity contribution >= 4 is 0 Å². The van der Waals surface area contributed by atoms with Gasteiger partial charge in [0.2, 0.25) is 0 Å². The fourth-order valence-electron chi connectivity index (χ4n) is 2.40. The van der Waals surface area contributed by atoms with Gasteiger partial charge in [-0.1, -0.05) is 6.92 Å². The highest BCUT2D eigenvalue weighted by Gasteiger charge is 2.23. The van der Waals surface area contributed by atoms with E-state index < -0.39 is 0 Å². The Kier molecular flexibility index (Phi) is 5.67. The van der Waals surface area contributed by atoms with E-state index in [0.29, 0.717) is 6.42 Å². The van der Waals surface area contributed by atoms with Crippen molar-refractivity contribution in [3.63, 3.8) is 0 Å². The zero-order chi connectivity index (χ0) is 11.1. The van der Waals surface area contributed by atoms with Gasteiger partial charge in [0.15, 0.2) is 0 Å². The number of hydrogen-bond acceptors (Lipinski definition) is 3. The van der Waals surface area contributed by atoms with E-state index in [1.54, 1.807) is 0 Å². The Morgan fingerprint density at radius 1 is 1.53 bits per heavy atom. The summed E-state index contributed by atoms with van der Waals surface area (Å²) in [5.41, 5.74) is 0. The molecule has 1 rings (SSSR count). The molecule has 1 fully saturated rings. The molecule has 86 valence electrons. The lowest BCUT2D eigenvalue weighted by Gasteiger charge is -2.27. The van der Waals surface area contributed by atoms with E-state index in [-0.39, 0.29) is 0 Å². The van der Waals surface area contributed by atoms with E-state index in [2.05, 4.69) is 29.8 Å². The van der Waals surface area contributed by atoms with E-state index in [0.717, 1.165) is 19.0 Å². The number of nitriles is 1. The average molecular weight is 209 g/mol. The van der Waals surface area contributed by atoms with Gasteiger partial charge >= 0.3 is 0 Å². The van der Waals surface area contributed by atoms with Crippen molar-refractivity contribution in [2.45, 2.75) is 38.6 Å². The van der Waals surface area contributed by atoms with E-state index >= 15 is 0 Å². The quantitative estimate of drug-likeness (QED) is 0.624. The highest BCUT2D eigenvalue weighted by atomic mass is 15.2. The van der Waals surface area contributed by atoms with Crippen LogP contribution in [0.15, 0.2) is 0 Å². The Balaban J connectivity index is 2.19. The van der Waals surface area contributed by atoms with Gasteiger partial charge in [-0.15, -0.1) is 0 Å². The molecule has 0 bridgehead atoms. The summed E-state index contributed by atoms with van der Waals surface area (Å²) in [5.74, 6) is 0. The topological polar surface area (TPSA) is 30.3 Å². The molecule has 1 atom stereocenters. The van der Waals surface area contributed by atoms with Crippen LogP contribution in [0.25, 0.3) is 0 Å². The molecule has 1 unspecified atom stereocenters. The maximum atomic E-state index is 8.47. The summed E-state index contributed by atoms with van der Waals surface area (Å²) in [6.45, 7) is 6.92. The maximum absolute atomic E-state index is 8.47. The summed E-state index contributed by atoms with van der Waals surface area (Å²) in [4.78, 5) is 4.94. The molecule has 1 saturated heterocycles. The van der Waals surface area contributed by atoms with Crippen LogP contribution < -0.4 is 0 Å². The predicted octanol–water partition coefficient (Wildman–Crippen LogP) is 1.71. The summed E-state index contributed by atoms with van der Waals surface area (Å²) in [6.07, 6.45) is 4.39. The number of likely N-dealkylation sites (N-methyl/N-ethyl adjacent to an activating group) is 2. The van der Waals surface area contributed by atoms with Gasteiger partial charge in [0.05, 0.1) is 6.07 Å². The van der Waals surface area contributed by atoms with Crippen LogP contribution in [0.2, 0.25) is 0 Å². The lowest BCUT2D eigenvalue weighted by atomic mass is 10.2. The average Bonchev–Trinajstić information content (AvgIpc) is 2.65. The van der Waals surface area contributed by atoms with Crippen molar-refractivity contribution in [1.29, 1.82) is 5.26 Å². The van der Waals surface area contributed by atoms with Gasteiger partial charge in [0.1, 0.15) is 0 Å². The van der Waals surface area contributed by atoms with Crippen LogP contribution in [0.5, 0.6) is 0 Å². The molecule has 0 aliphatic carbocycles. The first-order valence-corrected chi connectivity index (χ1v) is 6.07. The van der Waals surface area contributed by atoms with Gasteiger partial charge in [-0.05, 0) is 45.9 Å². The highest BCUT2D eigenvalue weighted by molar-refractivity contribution is 4.80. The van der Waals surface area contributed by atoms with Crippen molar-refractivity contribution in [1.82, 2.24) is 9.80 Å². The molecule has 0 spiro atoms. The molecule has 0 aromatic carbocycles. The lowest BCUT2D eigenvalue weighted by Crippen LogP contribution is -2.38. The van der Waals surface area contributed by atoms with E-state index in [1.165, 1.54) is 32.5 Å². The molecule has 0 N–H and O–H groups in total. The largest absolute Gasteiger partial charge is 0.305 e. The van der Waals surface area contributed by atoms with E-state index in [4.69, 9.17) is 5.26 Å². The van der Waals surface area contributed by atoms with Crippen molar-refractivity contribution < 1.29 is 0 Å². The first kappa shape index (κ1) is 12.5. The van der Waals surface area contributed by atoms with Crippen molar-refractivity contribution in [2.24, 2.45) is 0 Å². The minimum absolute atomic E-state index is 0.687. The minimum Gasteiger partial charge on any atom is -0.305 e.